The third-order valence-electron chi connectivity index (χ3n) is 1.45. The molecule has 0 bridgehead atoms. The number of pyridine rings is 1. The van der Waals surface area contributed by atoms with Gasteiger partial charge in [-0.05, 0) is 15.9 Å². The summed E-state index contributed by atoms with van der Waals surface area (Å²) in [6.45, 7) is 0. The fourth-order valence-electron chi connectivity index (χ4n) is 0.896. The lowest BCUT2D eigenvalue weighted by Gasteiger charge is -2.07. The van der Waals surface area contributed by atoms with E-state index in [0.717, 1.165) is 6.20 Å². The van der Waals surface area contributed by atoms with Crippen molar-refractivity contribution in [3.63, 3.8) is 0 Å². The Morgan fingerprint density at radius 2 is 2.21 bits per heavy atom. The number of alkyl halides is 2. The van der Waals surface area contributed by atoms with Crippen LogP contribution in [0.15, 0.2) is 10.7 Å². The molecule has 0 unspecified atom stereocenters. The van der Waals surface area contributed by atoms with Gasteiger partial charge in [-0.1, -0.05) is 11.6 Å². The second-order valence-corrected chi connectivity index (χ2v) is 3.50. The molecule has 0 atom stereocenters. The summed E-state index contributed by atoms with van der Waals surface area (Å²) >= 11 is 8.18. The number of carboxylic acid groups (broad SMARTS) is 1. The van der Waals surface area contributed by atoms with Gasteiger partial charge >= 0.3 is 5.97 Å². The number of carbonyl (C=O) groups is 1. The Hall–Kier alpha value is -0.750. The van der Waals surface area contributed by atoms with E-state index in [1.54, 1.807) is 0 Å². The summed E-state index contributed by atoms with van der Waals surface area (Å²) in [5.41, 5.74) is -1.33. The maximum absolute atomic E-state index is 12.4. The van der Waals surface area contributed by atoms with Gasteiger partial charge in [0.05, 0.1) is 15.6 Å². The minimum atomic E-state index is -2.97. The normalized spacial score (nSPS) is 10.6. The molecule has 0 aliphatic rings. The number of rotatable bonds is 2. The number of hydrogen-bond acceptors (Lipinski definition) is 2. The van der Waals surface area contributed by atoms with E-state index in [-0.39, 0.29) is 4.47 Å². The molecule has 0 amide bonds. The highest BCUT2D eigenvalue weighted by Crippen LogP contribution is 2.32. The number of aromatic nitrogens is 1. The average molecular weight is 286 g/mol. The van der Waals surface area contributed by atoms with Crippen molar-refractivity contribution >= 4 is 33.5 Å². The lowest BCUT2D eigenvalue weighted by atomic mass is 10.1. The van der Waals surface area contributed by atoms with Gasteiger partial charge in [0, 0.05) is 6.20 Å². The van der Waals surface area contributed by atoms with E-state index < -0.39 is 28.7 Å². The van der Waals surface area contributed by atoms with Crippen LogP contribution in [0.3, 0.4) is 0 Å². The number of carboxylic acids is 1. The van der Waals surface area contributed by atoms with Crippen LogP contribution in [0.1, 0.15) is 22.3 Å². The Kier molecular flexibility index (Phi) is 3.38. The largest absolute Gasteiger partial charge is 0.478 e. The lowest BCUT2D eigenvalue weighted by Crippen LogP contribution is -2.06. The van der Waals surface area contributed by atoms with Gasteiger partial charge in [-0.2, -0.15) is 0 Å². The van der Waals surface area contributed by atoms with E-state index in [9.17, 15) is 13.6 Å². The zero-order chi connectivity index (χ0) is 10.9. The van der Waals surface area contributed by atoms with Gasteiger partial charge in [-0.15, -0.1) is 0 Å². The number of aromatic carboxylic acids is 1. The van der Waals surface area contributed by atoms with Crippen molar-refractivity contribution in [1.29, 1.82) is 0 Å². The molecule has 0 aliphatic heterocycles. The molecular weight excluding hydrogens is 283 g/mol. The highest BCUT2D eigenvalue weighted by Gasteiger charge is 2.24. The Morgan fingerprint density at radius 3 is 2.57 bits per heavy atom. The molecule has 0 saturated heterocycles. The van der Waals surface area contributed by atoms with Gasteiger partial charge in [0.2, 0.25) is 0 Å². The van der Waals surface area contributed by atoms with E-state index in [1.165, 1.54) is 0 Å². The molecule has 0 aromatic carbocycles. The van der Waals surface area contributed by atoms with Crippen LogP contribution in [0.25, 0.3) is 0 Å². The average Bonchev–Trinajstić information content (AvgIpc) is 2.07. The summed E-state index contributed by atoms with van der Waals surface area (Å²) in [5.74, 6) is -1.48. The van der Waals surface area contributed by atoms with Crippen LogP contribution in [0.2, 0.25) is 5.15 Å². The molecule has 3 nitrogen and oxygen atoms in total. The van der Waals surface area contributed by atoms with Gasteiger partial charge in [0.1, 0.15) is 5.15 Å². The van der Waals surface area contributed by atoms with E-state index in [2.05, 4.69) is 20.9 Å². The number of nitrogens with zero attached hydrogens (tertiary/aromatic N) is 1. The quantitative estimate of drug-likeness (QED) is 0.850. The Bertz CT molecular complexity index is 386. The topological polar surface area (TPSA) is 50.2 Å². The number of halogens is 4. The summed E-state index contributed by atoms with van der Waals surface area (Å²) < 4.78 is 24.8. The fraction of sp³-hybridized carbons (Fsp3) is 0.143. The molecule has 1 N–H and O–H groups in total. The van der Waals surface area contributed by atoms with Crippen LogP contribution in [0.5, 0.6) is 0 Å². The van der Waals surface area contributed by atoms with E-state index >= 15 is 0 Å². The van der Waals surface area contributed by atoms with Gasteiger partial charge in [0.15, 0.2) is 0 Å². The van der Waals surface area contributed by atoms with Crippen LogP contribution >= 0.6 is 27.5 Å². The molecule has 0 aliphatic carbocycles. The Morgan fingerprint density at radius 1 is 1.64 bits per heavy atom. The first kappa shape index (κ1) is 11.3. The zero-order valence-corrected chi connectivity index (χ0v) is 8.81. The fourth-order valence-corrected chi connectivity index (χ4v) is 1.61. The standard InChI is InChI=1S/C7H3BrClF2NO2/c8-2-1-12-5(9)4(6(10)11)3(2)7(13)14/h1,6H,(H,13,14). The van der Waals surface area contributed by atoms with Crippen LogP contribution in [0.4, 0.5) is 8.78 Å². The van der Waals surface area contributed by atoms with Crippen molar-refractivity contribution < 1.29 is 18.7 Å². The predicted octanol–water partition coefficient (Wildman–Crippen LogP) is 3.13. The van der Waals surface area contributed by atoms with Crippen LogP contribution in [0, 0.1) is 0 Å². The molecule has 7 heteroatoms. The third kappa shape index (κ3) is 2.01. The first-order valence-electron chi connectivity index (χ1n) is 3.30. The highest BCUT2D eigenvalue weighted by molar-refractivity contribution is 9.10. The SMILES string of the molecule is O=C(O)c1c(Br)cnc(Cl)c1C(F)F. The maximum atomic E-state index is 12.4. The van der Waals surface area contributed by atoms with Crippen molar-refractivity contribution in [2.24, 2.45) is 0 Å². The third-order valence-corrected chi connectivity index (χ3v) is 2.36. The summed E-state index contributed by atoms with van der Waals surface area (Å²) in [6.07, 6.45) is -1.91. The van der Waals surface area contributed by atoms with Crippen LogP contribution in [-0.4, -0.2) is 16.1 Å². The van der Waals surface area contributed by atoms with E-state index in [0.29, 0.717) is 0 Å². The molecule has 76 valence electrons. The zero-order valence-electron chi connectivity index (χ0n) is 6.47. The van der Waals surface area contributed by atoms with Crippen molar-refractivity contribution in [3.8, 4) is 0 Å². The Balaban J connectivity index is 3.50. The summed E-state index contributed by atoms with van der Waals surface area (Å²) in [7, 11) is 0. The monoisotopic (exact) mass is 285 g/mol. The lowest BCUT2D eigenvalue weighted by molar-refractivity contribution is 0.0683. The van der Waals surface area contributed by atoms with Gasteiger partial charge in [-0.25, -0.2) is 18.6 Å². The van der Waals surface area contributed by atoms with Crippen molar-refractivity contribution in [1.82, 2.24) is 4.98 Å². The molecule has 1 aromatic heterocycles. The summed E-state index contributed by atoms with van der Waals surface area (Å²) in [5, 5.41) is 8.17. The molecule has 1 aromatic rings. The summed E-state index contributed by atoms with van der Waals surface area (Å²) in [6, 6.07) is 0. The van der Waals surface area contributed by atoms with Crippen molar-refractivity contribution in [2.75, 3.05) is 0 Å². The van der Waals surface area contributed by atoms with Crippen molar-refractivity contribution in [2.45, 2.75) is 6.43 Å². The van der Waals surface area contributed by atoms with Crippen molar-refractivity contribution in [3.05, 3.63) is 26.9 Å². The second-order valence-electron chi connectivity index (χ2n) is 2.29. The molecule has 0 spiro atoms. The molecule has 0 fully saturated rings. The first-order valence-corrected chi connectivity index (χ1v) is 4.47. The van der Waals surface area contributed by atoms with Crippen LogP contribution < -0.4 is 0 Å². The first-order chi connectivity index (χ1) is 6.45. The van der Waals surface area contributed by atoms with E-state index in [4.69, 9.17) is 16.7 Å². The minimum Gasteiger partial charge on any atom is -0.478 e. The van der Waals surface area contributed by atoms with Gasteiger partial charge < -0.3 is 5.11 Å². The molecule has 1 rings (SSSR count). The highest BCUT2D eigenvalue weighted by atomic mass is 79.9. The molecule has 14 heavy (non-hydrogen) atoms. The second kappa shape index (κ2) is 4.18. The summed E-state index contributed by atoms with van der Waals surface area (Å²) in [4.78, 5) is 14.1. The molecule has 1 heterocycles. The Labute approximate surface area is 90.8 Å². The number of hydrogen-bond donors (Lipinski definition) is 1. The minimum absolute atomic E-state index is 0.0234. The smallest absolute Gasteiger partial charge is 0.337 e. The predicted molar refractivity (Wildman–Crippen MR) is 48.9 cm³/mol. The molecule has 0 saturated carbocycles. The van der Waals surface area contributed by atoms with Gasteiger partial charge in [0.25, 0.3) is 6.43 Å². The maximum Gasteiger partial charge on any atom is 0.337 e. The molecule has 0 radical (unpaired) electrons. The molecular formula is C7H3BrClF2NO2. The van der Waals surface area contributed by atoms with E-state index in [1.807, 2.05) is 0 Å². The van der Waals surface area contributed by atoms with Gasteiger partial charge in [-0.3, -0.25) is 0 Å². The van der Waals surface area contributed by atoms with Crippen LogP contribution in [-0.2, 0) is 0 Å².